The van der Waals surface area contributed by atoms with Crippen molar-refractivity contribution in [3.05, 3.63) is 59.7 Å². The Morgan fingerprint density at radius 3 is 2.19 bits per heavy atom. The fourth-order valence-electron chi connectivity index (χ4n) is 3.40. The average molecular weight is 280 g/mol. The van der Waals surface area contributed by atoms with E-state index in [2.05, 4.69) is 36.4 Å². The van der Waals surface area contributed by atoms with Gasteiger partial charge < -0.3 is 9.47 Å². The molecule has 1 fully saturated rings. The van der Waals surface area contributed by atoms with Crippen LogP contribution in [0.2, 0.25) is 0 Å². The summed E-state index contributed by atoms with van der Waals surface area (Å²) in [6.45, 7) is 1.34. The molecule has 4 rings (SSSR count). The minimum atomic E-state index is -0.167. The molecule has 0 saturated carbocycles. The molecule has 0 amide bonds. The molecule has 0 aromatic heterocycles. The molecule has 0 radical (unpaired) electrons. The van der Waals surface area contributed by atoms with Crippen LogP contribution in [0.25, 0.3) is 11.1 Å². The zero-order chi connectivity index (χ0) is 14.2. The highest BCUT2D eigenvalue weighted by Gasteiger charge is 2.38. The highest BCUT2D eigenvalue weighted by molar-refractivity contribution is 5.79. The van der Waals surface area contributed by atoms with Crippen LogP contribution in [-0.2, 0) is 14.3 Å². The Kier molecular flexibility index (Phi) is 3.00. The lowest BCUT2D eigenvalue weighted by molar-refractivity contribution is -0.134. The van der Waals surface area contributed by atoms with Gasteiger partial charge in [0.25, 0.3) is 6.47 Å². The Bertz CT molecular complexity index is 630. The summed E-state index contributed by atoms with van der Waals surface area (Å²) in [5.74, 6) is 0.104. The van der Waals surface area contributed by atoms with E-state index in [-0.39, 0.29) is 18.1 Å². The molecule has 0 N–H and O–H groups in total. The van der Waals surface area contributed by atoms with Crippen LogP contribution >= 0.6 is 0 Å². The summed E-state index contributed by atoms with van der Waals surface area (Å²) in [5, 5.41) is 0. The van der Waals surface area contributed by atoms with E-state index in [0.717, 1.165) is 13.0 Å². The lowest BCUT2D eigenvalue weighted by Gasteiger charge is -2.23. The number of ether oxygens (including phenoxy) is 2. The topological polar surface area (TPSA) is 38.8 Å². The highest BCUT2D eigenvalue weighted by Crippen LogP contribution is 2.47. The van der Waals surface area contributed by atoms with Gasteiger partial charge in [-0.2, -0.15) is 0 Å². The monoisotopic (exact) mass is 280 g/mol. The van der Waals surface area contributed by atoms with E-state index in [9.17, 15) is 4.79 Å². The van der Waals surface area contributed by atoms with Crippen LogP contribution in [0.3, 0.4) is 0 Å². The molecule has 2 aliphatic rings. The lowest BCUT2D eigenvalue weighted by Crippen LogP contribution is -2.23. The summed E-state index contributed by atoms with van der Waals surface area (Å²) in [7, 11) is 0. The second kappa shape index (κ2) is 5.01. The Hall–Kier alpha value is -2.13. The van der Waals surface area contributed by atoms with Gasteiger partial charge in [0.2, 0.25) is 0 Å². The SMILES string of the molecule is O=COC(CC1CO1)C1c2ccccc2-c2ccccc21. The molecule has 2 aromatic rings. The van der Waals surface area contributed by atoms with Crippen molar-refractivity contribution in [2.75, 3.05) is 6.61 Å². The zero-order valence-electron chi connectivity index (χ0n) is 11.6. The fraction of sp³-hybridized carbons (Fsp3) is 0.278. The van der Waals surface area contributed by atoms with Gasteiger partial charge >= 0.3 is 0 Å². The van der Waals surface area contributed by atoms with Gasteiger partial charge in [0, 0.05) is 12.3 Å². The Labute approximate surface area is 123 Å². The smallest absolute Gasteiger partial charge is 0.293 e. The molecule has 2 unspecified atom stereocenters. The number of rotatable bonds is 5. The number of epoxide rings is 1. The predicted molar refractivity (Wildman–Crippen MR) is 79.0 cm³/mol. The van der Waals surface area contributed by atoms with E-state index >= 15 is 0 Å². The van der Waals surface area contributed by atoms with Crippen molar-refractivity contribution in [3.63, 3.8) is 0 Å². The third-order valence-corrected chi connectivity index (χ3v) is 4.38. The zero-order valence-corrected chi connectivity index (χ0v) is 11.6. The predicted octanol–water partition coefficient (Wildman–Crippen LogP) is 3.13. The number of hydrogen-bond acceptors (Lipinski definition) is 3. The van der Waals surface area contributed by atoms with E-state index in [4.69, 9.17) is 9.47 Å². The van der Waals surface area contributed by atoms with Crippen molar-refractivity contribution in [1.82, 2.24) is 0 Å². The van der Waals surface area contributed by atoms with Gasteiger partial charge in [-0.3, -0.25) is 4.79 Å². The number of hydrogen-bond donors (Lipinski definition) is 0. The quantitative estimate of drug-likeness (QED) is 0.624. The molecule has 0 spiro atoms. The summed E-state index contributed by atoms with van der Waals surface area (Å²) < 4.78 is 10.8. The maximum Gasteiger partial charge on any atom is 0.293 e. The molecule has 1 heterocycles. The van der Waals surface area contributed by atoms with Gasteiger partial charge in [-0.05, 0) is 22.3 Å². The van der Waals surface area contributed by atoms with Gasteiger partial charge in [0.1, 0.15) is 6.10 Å². The van der Waals surface area contributed by atoms with Gasteiger partial charge in [-0.1, -0.05) is 48.5 Å². The second-order valence-corrected chi connectivity index (χ2v) is 5.61. The first-order valence-corrected chi connectivity index (χ1v) is 7.27. The molecule has 2 atom stereocenters. The summed E-state index contributed by atoms with van der Waals surface area (Å²) >= 11 is 0. The molecular weight excluding hydrogens is 264 g/mol. The van der Waals surface area contributed by atoms with Crippen molar-refractivity contribution in [2.45, 2.75) is 24.5 Å². The minimum Gasteiger partial charge on any atom is -0.463 e. The molecule has 1 aliphatic carbocycles. The normalized spacial score (nSPS) is 20.5. The molecule has 2 aromatic carbocycles. The Balaban J connectivity index is 1.80. The lowest BCUT2D eigenvalue weighted by atomic mass is 9.89. The van der Waals surface area contributed by atoms with Crippen molar-refractivity contribution >= 4 is 6.47 Å². The maximum absolute atomic E-state index is 10.9. The molecule has 21 heavy (non-hydrogen) atoms. The van der Waals surface area contributed by atoms with Gasteiger partial charge in [-0.25, -0.2) is 0 Å². The molecule has 3 heteroatoms. The third-order valence-electron chi connectivity index (χ3n) is 4.38. The van der Waals surface area contributed by atoms with Crippen LogP contribution < -0.4 is 0 Å². The van der Waals surface area contributed by atoms with Gasteiger partial charge in [-0.15, -0.1) is 0 Å². The van der Waals surface area contributed by atoms with E-state index in [1.165, 1.54) is 22.3 Å². The van der Waals surface area contributed by atoms with Crippen LogP contribution in [-0.4, -0.2) is 25.3 Å². The first-order valence-electron chi connectivity index (χ1n) is 7.27. The summed E-state index contributed by atoms with van der Waals surface area (Å²) in [4.78, 5) is 10.9. The molecule has 3 nitrogen and oxygen atoms in total. The van der Waals surface area contributed by atoms with E-state index in [1.807, 2.05) is 12.1 Å². The standard InChI is InChI=1S/C18H16O3/c19-11-21-17(9-12-10-20-12)18-15-7-3-1-5-13(15)14-6-2-4-8-16(14)18/h1-8,11-12,17-18H,9-10H2. The first kappa shape index (κ1) is 12.6. The summed E-state index contributed by atoms with van der Waals surface area (Å²) in [5.41, 5.74) is 4.97. The van der Waals surface area contributed by atoms with Crippen molar-refractivity contribution in [3.8, 4) is 11.1 Å². The van der Waals surface area contributed by atoms with Crippen LogP contribution in [0, 0.1) is 0 Å². The number of carbonyl (C=O) groups is 1. The van der Waals surface area contributed by atoms with Crippen LogP contribution in [0.1, 0.15) is 23.5 Å². The van der Waals surface area contributed by atoms with Crippen molar-refractivity contribution in [2.24, 2.45) is 0 Å². The minimum absolute atomic E-state index is 0.104. The number of carbonyl (C=O) groups excluding carboxylic acids is 1. The second-order valence-electron chi connectivity index (χ2n) is 5.61. The van der Waals surface area contributed by atoms with E-state index < -0.39 is 0 Å². The molecular formula is C18H16O3. The fourth-order valence-corrected chi connectivity index (χ4v) is 3.40. The van der Waals surface area contributed by atoms with Crippen molar-refractivity contribution in [1.29, 1.82) is 0 Å². The first-order chi connectivity index (χ1) is 10.4. The van der Waals surface area contributed by atoms with E-state index in [0.29, 0.717) is 6.47 Å². The largest absolute Gasteiger partial charge is 0.463 e. The highest BCUT2D eigenvalue weighted by atomic mass is 16.6. The van der Waals surface area contributed by atoms with E-state index in [1.54, 1.807) is 0 Å². The summed E-state index contributed by atoms with van der Waals surface area (Å²) in [6.07, 6.45) is 0.821. The van der Waals surface area contributed by atoms with Crippen molar-refractivity contribution < 1.29 is 14.3 Å². The Morgan fingerprint density at radius 2 is 1.67 bits per heavy atom. The van der Waals surface area contributed by atoms with Gasteiger partial charge in [0.05, 0.1) is 12.7 Å². The summed E-state index contributed by atoms with van der Waals surface area (Å²) in [6, 6.07) is 16.7. The Morgan fingerprint density at radius 1 is 1.10 bits per heavy atom. The van der Waals surface area contributed by atoms with Crippen LogP contribution in [0.15, 0.2) is 48.5 Å². The maximum atomic E-state index is 10.9. The molecule has 106 valence electrons. The van der Waals surface area contributed by atoms with Crippen LogP contribution in [0.4, 0.5) is 0 Å². The molecule has 1 aliphatic heterocycles. The molecule has 0 bridgehead atoms. The number of benzene rings is 2. The number of fused-ring (bicyclic) bond motifs is 3. The molecule has 1 saturated heterocycles. The average Bonchev–Trinajstić information content (AvgIpc) is 3.27. The third kappa shape index (κ3) is 2.14. The van der Waals surface area contributed by atoms with Crippen LogP contribution in [0.5, 0.6) is 0 Å². The van der Waals surface area contributed by atoms with Gasteiger partial charge in [0.15, 0.2) is 0 Å².